The highest BCUT2D eigenvalue weighted by atomic mass is 16.3. The van der Waals surface area contributed by atoms with E-state index >= 15 is 0 Å². The van der Waals surface area contributed by atoms with E-state index in [1.807, 2.05) is 0 Å². The Bertz CT molecular complexity index is 2710. The number of hydrogen-bond donors (Lipinski definition) is 0. The lowest BCUT2D eigenvalue weighted by molar-refractivity contribution is 0.670. The van der Waals surface area contributed by atoms with Crippen molar-refractivity contribution >= 4 is 54.3 Å². The van der Waals surface area contributed by atoms with Crippen molar-refractivity contribution in [3.05, 3.63) is 170 Å². The van der Waals surface area contributed by atoms with Crippen LogP contribution in [0.3, 0.4) is 0 Å². The molecule has 10 rings (SSSR count). The van der Waals surface area contributed by atoms with Gasteiger partial charge in [0.1, 0.15) is 11.2 Å². The zero-order valence-corrected chi connectivity index (χ0v) is 25.6. The highest BCUT2D eigenvalue weighted by Gasteiger charge is 2.23. The molecule has 9 aromatic carbocycles. The van der Waals surface area contributed by atoms with Gasteiger partial charge in [-0.2, -0.15) is 0 Å². The van der Waals surface area contributed by atoms with Crippen LogP contribution in [-0.4, -0.2) is 0 Å². The van der Waals surface area contributed by atoms with Crippen LogP contribution in [-0.2, 0) is 0 Å². The Morgan fingerprint density at radius 1 is 0.319 bits per heavy atom. The first-order valence-electron chi connectivity index (χ1n) is 16.2. The van der Waals surface area contributed by atoms with E-state index in [0.717, 1.165) is 16.7 Å². The van der Waals surface area contributed by atoms with E-state index in [9.17, 15) is 0 Å². The van der Waals surface area contributed by atoms with Gasteiger partial charge in [-0.05, 0) is 95.5 Å². The van der Waals surface area contributed by atoms with Crippen molar-refractivity contribution in [2.75, 3.05) is 0 Å². The minimum absolute atomic E-state index is 0.927. The number of furan rings is 1. The smallest absolute Gasteiger partial charge is 0.143 e. The normalized spacial score (nSPS) is 11.8. The van der Waals surface area contributed by atoms with E-state index in [1.54, 1.807) is 0 Å². The first kappa shape index (κ1) is 26.1. The second-order valence-electron chi connectivity index (χ2n) is 12.4. The molecule has 0 aliphatic carbocycles. The Hall–Kier alpha value is -6.18. The molecule has 47 heavy (non-hydrogen) atoms. The van der Waals surface area contributed by atoms with Gasteiger partial charge in [-0.15, -0.1) is 0 Å². The first-order chi connectivity index (χ1) is 23.3. The van der Waals surface area contributed by atoms with Gasteiger partial charge in [-0.25, -0.2) is 0 Å². The SMILES string of the molecule is c1ccc(-c2cccc(-c3c4ccccc4c(-c4cc5ccc(-c6ccccc6)c6oc7cccc4c7c56)c4ccccc34)c2)cc1. The van der Waals surface area contributed by atoms with Crippen LogP contribution < -0.4 is 0 Å². The molecule has 0 N–H and O–H groups in total. The highest BCUT2D eigenvalue weighted by molar-refractivity contribution is 6.30. The molecule has 0 spiro atoms. The number of rotatable bonds is 4. The Balaban J connectivity index is 1.29. The summed E-state index contributed by atoms with van der Waals surface area (Å²) in [5, 5.41) is 9.80. The van der Waals surface area contributed by atoms with Crippen LogP contribution in [0.5, 0.6) is 0 Å². The van der Waals surface area contributed by atoms with Gasteiger partial charge < -0.3 is 4.42 Å². The maximum atomic E-state index is 6.69. The van der Waals surface area contributed by atoms with Crippen LogP contribution >= 0.6 is 0 Å². The Kier molecular flexibility index (Phi) is 5.64. The van der Waals surface area contributed by atoms with Crippen molar-refractivity contribution in [1.29, 1.82) is 0 Å². The summed E-state index contributed by atoms with van der Waals surface area (Å²) in [5.74, 6) is 0. The molecule has 1 nitrogen and oxygen atoms in total. The summed E-state index contributed by atoms with van der Waals surface area (Å²) in [6, 6.07) is 61.4. The van der Waals surface area contributed by atoms with Gasteiger partial charge in [0.15, 0.2) is 0 Å². The molecular weight excluding hydrogens is 569 g/mol. The molecule has 0 fully saturated rings. The molecule has 0 bridgehead atoms. The van der Waals surface area contributed by atoms with E-state index in [1.165, 1.54) is 82.0 Å². The topological polar surface area (TPSA) is 13.1 Å². The molecule has 0 saturated carbocycles. The minimum atomic E-state index is 0.927. The van der Waals surface area contributed by atoms with Crippen LogP contribution in [0, 0.1) is 0 Å². The fraction of sp³-hybridized carbons (Fsp3) is 0. The molecule has 0 amide bonds. The van der Waals surface area contributed by atoms with E-state index in [4.69, 9.17) is 4.42 Å². The van der Waals surface area contributed by atoms with Crippen LogP contribution in [0.25, 0.3) is 98.8 Å². The zero-order valence-electron chi connectivity index (χ0n) is 25.6. The van der Waals surface area contributed by atoms with Crippen LogP contribution in [0.1, 0.15) is 0 Å². The summed E-state index contributed by atoms with van der Waals surface area (Å²) < 4.78 is 6.69. The molecule has 0 aliphatic heterocycles. The maximum Gasteiger partial charge on any atom is 0.143 e. The summed E-state index contributed by atoms with van der Waals surface area (Å²) in [6.45, 7) is 0. The average Bonchev–Trinajstić information content (AvgIpc) is 3.54. The van der Waals surface area contributed by atoms with Crippen molar-refractivity contribution in [2.45, 2.75) is 0 Å². The van der Waals surface area contributed by atoms with Crippen LogP contribution in [0.15, 0.2) is 174 Å². The summed E-state index contributed by atoms with van der Waals surface area (Å²) >= 11 is 0. The van der Waals surface area contributed by atoms with Gasteiger partial charge in [0.05, 0.1) is 0 Å². The Labute approximate surface area is 272 Å². The number of hydrogen-bond acceptors (Lipinski definition) is 1. The second-order valence-corrected chi connectivity index (χ2v) is 12.4. The third-order valence-electron chi connectivity index (χ3n) is 9.81. The third-order valence-corrected chi connectivity index (χ3v) is 9.81. The minimum Gasteiger partial charge on any atom is -0.455 e. The molecule has 1 aromatic heterocycles. The molecular formula is C46H28O. The zero-order chi connectivity index (χ0) is 30.9. The Morgan fingerprint density at radius 3 is 1.57 bits per heavy atom. The summed E-state index contributed by atoms with van der Waals surface area (Å²) in [5.41, 5.74) is 11.6. The molecule has 1 heteroatoms. The van der Waals surface area contributed by atoms with E-state index in [0.29, 0.717) is 0 Å². The number of benzene rings is 9. The highest BCUT2D eigenvalue weighted by Crippen LogP contribution is 2.49. The lowest BCUT2D eigenvalue weighted by Crippen LogP contribution is -1.92. The quantitative estimate of drug-likeness (QED) is 0.145. The van der Waals surface area contributed by atoms with Crippen molar-refractivity contribution < 1.29 is 4.42 Å². The third kappa shape index (κ3) is 3.90. The van der Waals surface area contributed by atoms with Gasteiger partial charge in [0.2, 0.25) is 0 Å². The van der Waals surface area contributed by atoms with Crippen molar-refractivity contribution in [1.82, 2.24) is 0 Å². The van der Waals surface area contributed by atoms with Crippen LogP contribution in [0.2, 0.25) is 0 Å². The summed E-state index contributed by atoms with van der Waals surface area (Å²) in [6.07, 6.45) is 0. The predicted octanol–water partition coefficient (Wildman–Crippen LogP) is 13.2. The van der Waals surface area contributed by atoms with Crippen LogP contribution in [0.4, 0.5) is 0 Å². The lowest BCUT2D eigenvalue weighted by Gasteiger charge is -2.19. The van der Waals surface area contributed by atoms with Gasteiger partial charge in [-0.1, -0.05) is 146 Å². The molecule has 0 aliphatic rings. The summed E-state index contributed by atoms with van der Waals surface area (Å²) in [7, 11) is 0. The second kappa shape index (κ2) is 10.2. The molecule has 218 valence electrons. The van der Waals surface area contributed by atoms with Crippen molar-refractivity contribution in [3.63, 3.8) is 0 Å². The first-order valence-corrected chi connectivity index (χ1v) is 16.2. The largest absolute Gasteiger partial charge is 0.455 e. The standard InChI is InChI=1S/C46H28O/c1-3-13-29(14-4-1)31-17-11-18-32(27-31)42-35-19-7-9-21-37(35)44(38-22-10-8-20-36(38)42)40-28-33-25-26-34(30-15-5-2-6-16-30)46-43(33)45-39(40)23-12-24-41(45)47-46/h1-28H. The van der Waals surface area contributed by atoms with Gasteiger partial charge in [0, 0.05) is 16.3 Å². The molecule has 1 heterocycles. The monoisotopic (exact) mass is 596 g/mol. The van der Waals surface area contributed by atoms with Gasteiger partial charge in [-0.3, -0.25) is 0 Å². The summed E-state index contributed by atoms with van der Waals surface area (Å²) in [4.78, 5) is 0. The maximum absolute atomic E-state index is 6.69. The van der Waals surface area contributed by atoms with Crippen molar-refractivity contribution in [2.24, 2.45) is 0 Å². The van der Waals surface area contributed by atoms with Gasteiger partial charge in [0.25, 0.3) is 0 Å². The van der Waals surface area contributed by atoms with E-state index in [2.05, 4.69) is 170 Å². The molecule has 0 unspecified atom stereocenters. The average molecular weight is 597 g/mol. The fourth-order valence-electron chi connectivity index (χ4n) is 7.79. The number of fused-ring (bicyclic) bond motifs is 2. The van der Waals surface area contributed by atoms with E-state index < -0.39 is 0 Å². The molecule has 0 atom stereocenters. The molecule has 0 radical (unpaired) electrons. The molecule has 0 saturated heterocycles. The fourth-order valence-corrected chi connectivity index (χ4v) is 7.79. The predicted molar refractivity (Wildman–Crippen MR) is 199 cm³/mol. The molecule has 10 aromatic rings. The van der Waals surface area contributed by atoms with Gasteiger partial charge >= 0.3 is 0 Å². The van der Waals surface area contributed by atoms with Crippen molar-refractivity contribution in [3.8, 4) is 44.5 Å². The van der Waals surface area contributed by atoms with E-state index in [-0.39, 0.29) is 0 Å². The Morgan fingerprint density at radius 2 is 0.872 bits per heavy atom. The lowest BCUT2D eigenvalue weighted by atomic mass is 9.83.